The van der Waals surface area contributed by atoms with Gasteiger partial charge in [-0.05, 0) is 12.8 Å². The molecule has 0 aliphatic carbocycles. The minimum absolute atomic E-state index is 0.263. The molecule has 2 fully saturated rings. The highest BCUT2D eigenvalue weighted by atomic mass is 16.5. The number of urea groups is 1. The zero-order valence-corrected chi connectivity index (χ0v) is 8.14. The van der Waals surface area contributed by atoms with Crippen LogP contribution in [0.4, 0.5) is 4.79 Å². The molecule has 3 amide bonds. The van der Waals surface area contributed by atoms with Crippen LogP contribution in [0.3, 0.4) is 0 Å². The van der Waals surface area contributed by atoms with Crippen LogP contribution in [0.5, 0.6) is 0 Å². The molecule has 0 saturated carbocycles. The van der Waals surface area contributed by atoms with Crippen molar-refractivity contribution < 1.29 is 19.1 Å². The van der Waals surface area contributed by atoms with Crippen molar-refractivity contribution in [1.29, 1.82) is 0 Å². The first-order valence-corrected chi connectivity index (χ1v) is 4.92. The zero-order chi connectivity index (χ0) is 10.8. The second kappa shape index (κ2) is 3.98. The molecule has 0 aromatic carbocycles. The fourth-order valence-corrected chi connectivity index (χ4v) is 1.83. The molecular formula is C9H12N2O4. The number of amides is 3. The predicted molar refractivity (Wildman–Crippen MR) is 48.8 cm³/mol. The number of rotatable bonds is 2. The molecule has 2 atom stereocenters. The monoisotopic (exact) mass is 212 g/mol. The number of imide groups is 1. The summed E-state index contributed by atoms with van der Waals surface area (Å²) in [5, 5.41) is 2.22. The van der Waals surface area contributed by atoms with Crippen molar-refractivity contribution >= 4 is 18.2 Å². The van der Waals surface area contributed by atoms with Gasteiger partial charge in [-0.15, -0.1) is 0 Å². The van der Waals surface area contributed by atoms with Crippen LogP contribution in [-0.4, -0.2) is 42.0 Å². The Labute approximate surface area is 86.6 Å². The van der Waals surface area contributed by atoms with Crippen LogP contribution in [-0.2, 0) is 14.3 Å². The molecule has 0 aromatic heterocycles. The molecule has 2 heterocycles. The van der Waals surface area contributed by atoms with Crippen LogP contribution in [0.1, 0.15) is 19.3 Å². The van der Waals surface area contributed by atoms with Gasteiger partial charge in [0.05, 0.1) is 0 Å². The first kappa shape index (κ1) is 10.1. The van der Waals surface area contributed by atoms with E-state index in [2.05, 4.69) is 5.32 Å². The highest BCUT2D eigenvalue weighted by Gasteiger charge is 2.35. The lowest BCUT2D eigenvalue weighted by atomic mass is 10.2. The van der Waals surface area contributed by atoms with E-state index in [1.54, 1.807) is 0 Å². The van der Waals surface area contributed by atoms with E-state index in [-0.39, 0.29) is 18.6 Å². The minimum atomic E-state index is -0.428. The van der Waals surface area contributed by atoms with Gasteiger partial charge in [0.1, 0.15) is 18.6 Å². The topological polar surface area (TPSA) is 75.7 Å². The largest absolute Gasteiger partial charge is 0.348 e. The first-order valence-electron chi connectivity index (χ1n) is 4.92. The summed E-state index contributed by atoms with van der Waals surface area (Å²) in [5.74, 6) is -0.263. The van der Waals surface area contributed by atoms with Crippen LogP contribution in [0.25, 0.3) is 0 Å². The third-order valence-electron chi connectivity index (χ3n) is 2.62. The maximum absolute atomic E-state index is 11.4. The highest BCUT2D eigenvalue weighted by Crippen LogP contribution is 2.22. The molecule has 2 rings (SSSR count). The Morgan fingerprint density at radius 3 is 2.80 bits per heavy atom. The molecule has 6 heteroatoms. The Morgan fingerprint density at radius 1 is 1.40 bits per heavy atom. The number of nitrogens with zero attached hydrogens (tertiary/aromatic N) is 1. The summed E-state index contributed by atoms with van der Waals surface area (Å²) >= 11 is 0. The molecule has 0 bridgehead atoms. The van der Waals surface area contributed by atoms with Crippen molar-refractivity contribution in [3.63, 3.8) is 0 Å². The molecule has 0 spiro atoms. The van der Waals surface area contributed by atoms with Crippen molar-refractivity contribution in [2.45, 2.75) is 31.6 Å². The molecule has 2 saturated heterocycles. The number of carbonyl (C=O) groups is 3. The van der Waals surface area contributed by atoms with E-state index in [9.17, 15) is 14.4 Å². The number of ether oxygens (including phenoxy) is 1. The van der Waals surface area contributed by atoms with Crippen molar-refractivity contribution in [1.82, 2.24) is 10.2 Å². The lowest BCUT2D eigenvalue weighted by molar-refractivity contribution is -0.126. The van der Waals surface area contributed by atoms with Crippen LogP contribution in [0.2, 0.25) is 0 Å². The molecule has 6 nitrogen and oxygen atoms in total. The number of aldehydes is 1. The quantitative estimate of drug-likeness (QED) is 0.634. The van der Waals surface area contributed by atoms with Crippen LogP contribution >= 0.6 is 0 Å². The fraction of sp³-hybridized carbons (Fsp3) is 0.667. The van der Waals surface area contributed by atoms with Gasteiger partial charge in [-0.1, -0.05) is 0 Å². The van der Waals surface area contributed by atoms with Gasteiger partial charge in [-0.25, -0.2) is 4.79 Å². The highest BCUT2D eigenvalue weighted by molar-refractivity contribution is 5.96. The maximum atomic E-state index is 11.4. The minimum Gasteiger partial charge on any atom is -0.348 e. The smallest absolute Gasteiger partial charge is 0.326 e. The molecule has 82 valence electrons. The van der Waals surface area contributed by atoms with E-state index < -0.39 is 12.1 Å². The zero-order valence-electron chi connectivity index (χ0n) is 8.14. The number of hydrogen-bond acceptors (Lipinski definition) is 4. The fourth-order valence-electron chi connectivity index (χ4n) is 1.83. The second-order valence-electron chi connectivity index (χ2n) is 3.64. The third-order valence-corrected chi connectivity index (χ3v) is 2.62. The summed E-state index contributed by atoms with van der Waals surface area (Å²) in [6.07, 6.45) is 1.52. The van der Waals surface area contributed by atoms with Gasteiger partial charge < -0.3 is 9.53 Å². The van der Waals surface area contributed by atoms with Crippen molar-refractivity contribution in [3.05, 3.63) is 0 Å². The van der Waals surface area contributed by atoms with Gasteiger partial charge >= 0.3 is 6.03 Å². The molecule has 0 aromatic rings. The third kappa shape index (κ3) is 1.99. The Hall–Kier alpha value is -1.43. The second-order valence-corrected chi connectivity index (χ2v) is 3.64. The summed E-state index contributed by atoms with van der Waals surface area (Å²) in [6, 6.07) is -0.428. The SMILES string of the molecule is O=C[C@@H]1CC[C@H](N2CCC(=O)NC2=O)O1. The summed E-state index contributed by atoms with van der Waals surface area (Å²) < 4.78 is 5.34. The summed E-state index contributed by atoms with van der Waals surface area (Å²) in [6.45, 7) is 0.362. The molecule has 15 heavy (non-hydrogen) atoms. The Morgan fingerprint density at radius 2 is 2.20 bits per heavy atom. The van der Waals surface area contributed by atoms with E-state index in [1.807, 2.05) is 0 Å². The van der Waals surface area contributed by atoms with Crippen LogP contribution in [0, 0.1) is 0 Å². The van der Waals surface area contributed by atoms with E-state index >= 15 is 0 Å². The van der Waals surface area contributed by atoms with Gasteiger partial charge in [-0.3, -0.25) is 15.0 Å². The van der Waals surface area contributed by atoms with Crippen LogP contribution < -0.4 is 5.32 Å². The Kier molecular flexibility index (Phi) is 2.68. The molecule has 2 aliphatic rings. The molecular weight excluding hydrogens is 200 g/mol. The number of nitrogens with one attached hydrogen (secondary N) is 1. The van der Waals surface area contributed by atoms with Gasteiger partial charge in [0.15, 0.2) is 0 Å². The van der Waals surface area contributed by atoms with Crippen molar-refractivity contribution in [2.75, 3.05) is 6.54 Å². The maximum Gasteiger partial charge on any atom is 0.326 e. The van der Waals surface area contributed by atoms with Gasteiger partial charge in [0.2, 0.25) is 5.91 Å². The normalized spacial score (nSPS) is 31.6. The summed E-state index contributed by atoms with van der Waals surface area (Å²) in [7, 11) is 0. The molecule has 1 N–H and O–H groups in total. The van der Waals surface area contributed by atoms with E-state index in [4.69, 9.17) is 4.74 Å². The van der Waals surface area contributed by atoms with E-state index in [1.165, 1.54) is 4.90 Å². The number of hydrogen-bond donors (Lipinski definition) is 1. The van der Waals surface area contributed by atoms with Crippen molar-refractivity contribution in [3.8, 4) is 0 Å². The molecule has 2 aliphatic heterocycles. The summed E-state index contributed by atoms with van der Waals surface area (Å²) in [5.41, 5.74) is 0. The Bertz CT molecular complexity index is 304. The average molecular weight is 212 g/mol. The van der Waals surface area contributed by atoms with Gasteiger partial charge in [0.25, 0.3) is 0 Å². The van der Waals surface area contributed by atoms with E-state index in [0.717, 1.165) is 6.29 Å². The molecule has 0 radical (unpaired) electrons. The van der Waals surface area contributed by atoms with Crippen LogP contribution in [0.15, 0.2) is 0 Å². The van der Waals surface area contributed by atoms with Gasteiger partial charge in [-0.2, -0.15) is 0 Å². The average Bonchev–Trinajstić information content (AvgIpc) is 2.66. The van der Waals surface area contributed by atoms with E-state index in [0.29, 0.717) is 19.4 Å². The molecule has 0 unspecified atom stereocenters. The predicted octanol–water partition coefficient (Wildman–Crippen LogP) is -0.368. The standard InChI is InChI=1S/C9H12N2O4/c12-5-6-1-2-8(15-6)11-4-3-7(13)10-9(11)14/h5-6,8H,1-4H2,(H,10,13,14)/t6-,8+/m0/s1. The number of carbonyl (C=O) groups excluding carboxylic acids is 3. The Balaban J connectivity index is 1.96. The lowest BCUT2D eigenvalue weighted by Gasteiger charge is -2.31. The lowest BCUT2D eigenvalue weighted by Crippen LogP contribution is -2.53. The van der Waals surface area contributed by atoms with Gasteiger partial charge in [0, 0.05) is 13.0 Å². The first-order chi connectivity index (χ1) is 7.20. The summed E-state index contributed by atoms with van der Waals surface area (Å²) in [4.78, 5) is 34.2. The van der Waals surface area contributed by atoms with Crippen molar-refractivity contribution in [2.24, 2.45) is 0 Å².